The first-order valence-corrected chi connectivity index (χ1v) is 8.50. The van der Waals surface area contributed by atoms with Gasteiger partial charge in [0.2, 0.25) is 11.9 Å². The first-order valence-electron chi connectivity index (χ1n) is 8.12. The molecule has 0 saturated carbocycles. The van der Waals surface area contributed by atoms with Crippen LogP contribution in [0.25, 0.3) is 0 Å². The summed E-state index contributed by atoms with van der Waals surface area (Å²) >= 11 is 6.15. The van der Waals surface area contributed by atoms with Gasteiger partial charge in [-0.05, 0) is 24.3 Å². The number of carbonyl (C=O) groups is 1. The molecule has 0 atom stereocenters. The fraction of sp³-hybridized carbons (Fsp3) is 0.111. The predicted molar refractivity (Wildman–Crippen MR) is 107 cm³/mol. The maximum absolute atomic E-state index is 14.3. The quantitative estimate of drug-likeness (QED) is 0.613. The number of hydrogen-bond donors (Lipinski definition) is 2. The summed E-state index contributed by atoms with van der Waals surface area (Å²) in [5, 5.41) is 10.1. The van der Waals surface area contributed by atoms with Crippen LogP contribution in [0.15, 0.2) is 49.4 Å². The molecule has 0 spiro atoms. The van der Waals surface area contributed by atoms with Gasteiger partial charge >= 0.3 is 0 Å². The van der Waals surface area contributed by atoms with Gasteiger partial charge in [-0.15, -0.1) is 0 Å². The summed E-state index contributed by atoms with van der Waals surface area (Å²) < 4.78 is 15.9. The number of aryl methyl sites for hydroxylation is 1. The van der Waals surface area contributed by atoms with E-state index in [0.29, 0.717) is 11.4 Å². The van der Waals surface area contributed by atoms with Crippen LogP contribution in [0, 0.1) is 5.82 Å². The molecule has 0 unspecified atom stereocenters. The van der Waals surface area contributed by atoms with Crippen molar-refractivity contribution in [3.05, 3.63) is 60.3 Å². The zero-order valence-electron chi connectivity index (χ0n) is 15.1. The highest BCUT2D eigenvalue weighted by Crippen LogP contribution is 2.29. The van der Waals surface area contributed by atoms with Crippen LogP contribution in [-0.4, -0.2) is 32.7 Å². The molecule has 0 aliphatic heterocycles. The van der Waals surface area contributed by atoms with Crippen LogP contribution in [0.2, 0.25) is 5.02 Å². The van der Waals surface area contributed by atoms with Gasteiger partial charge in [0.05, 0.1) is 23.8 Å². The van der Waals surface area contributed by atoms with E-state index in [9.17, 15) is 9.18 Å². The second-order valence-electron chi connectivity index (χ2n) is 5.81. The van der Waals surface area contributed by atoms with Gasteiger partial charge < -0.3 is 15.5 Å². The highest BCUT2D eigenvalue weighted by molar-refractivity contribution is 6.32. The number of carbonyl (C=O) groups excluding carboxylic acids is 1. The molecule has 0 bridgehead atoms. The molecule has 3 aromatic rings. The summed E-state index contributed by atoms with van der Waals surface area (Å²) in [4.78, 5) is 21.5. The largest absolute Gasteiger partial charge is 0.336 e. The third-order valence-corrected chi connectivity index (χ3v) is 4.08. The Morgan fingerprint density at radius 1 is 1.36 bits per heavy atom. The Bertz CT molecular complexity index is 1040. The van der Waals surface area contributed by atoms with Crippen molar-refractivity contribution < 1.29 is 9.18 Å². The number of nitrogens with one attached hydrogen (secondary N) is 2. The number of nitrogens with zero attached hydrogens (tertiary/aromatic N) is 5. The maximum atomic E-state index is 14.3. The normalized spacial score (nSPS) is 10.4. The minimum Gasteiger partial charge on any atom is -0.336 e. The molecule has 0 aliphatic rings. The lowest BCUT2D eigenvalue weighted by Gasteiger charge is -2.17. The second kappa shape index (κ2) is 8.05. The van der Waals surface area contributed by atoms with Crippen LogP contribution in [0.1, 0.15) is 0 Å². The Balaban J connectivity index is 1.87. The second-order valence-corrected chi connectivity index (χ2v) is 6.22. The minimum absolute atomic E-state index is 0.106. The van der Waals surface area contributed by atoms with E-state index in [2.05, 4.69) is 32.3 Å². The van der Waals surface area contributed by atoms with Gasteiger partial charge in [-0.2, -0.15) is 10.1 Å². The molecular formula is C18H17ClFN7O. The summed E-state index contributed by atoms with van der Waals surface area (Å²) in [5.41, 5.74) is 1.27. The van der Waals surface area contributed by atoms with Gasteiger partial charge in [-0.25, -0.2) is 9.37 Å². The smallest absolute Gasteiger partial charge is 0.250 e. The van der Waals surface area contributed by atoms with E-state index in [-0.39, 0.29) is 28.4 Å². The monoisotopic (exact) mass is 401 g/mol. The molecule has 0 radical (unpaired) electrons. The molecule has 10 heteroatoms. The number of benzene rings is 1. The molecule has 2 aromatic heterocycles. The van der Waals surface area contributed by atoms with Crippen molar-refractivity contribution in [1.82, 2.24) is 19.7 Å². The molecule has 3 rings (SSSR count). The molecule has 8 nitrogen and oxygen atoms in total. The van der Waals surface area contributed by atoms with Crippen molar-refractivity contribution in [3.8, 4) is 0 Å². The van der Waals surface area contributed by atoms with Crippen LogP contribution >= 0.6 is 11.6 Å². The van der Waals surface area contributed by atoms with E-state index in [1.165, 1.54) is 35.4 Å². The van der Waals surface area contributed by atoms with E-state index in [1.54, 1.807) is 31.2 Å². The van der Waals surface area contributed by atoms with Crippen molar-refractivity contribution in [3.63, 3.8) is 0 Å². The van der Waals surface area contributed by atoms with E-state index >= 15 is 0 Å². The Hall–Kier alpha value is -3.46. The van der Waals surface area contributed by atoms with Crippen LogP contribution in [0.4, 0.5) is 33.2 Å². The third kappa shape index (κ3) is 4.26. The number of rotatable bonds is 6. The molecule has 1 amide bonds. The first kappa shape index (κ1) is 19.3. The van der Waals surface area contributed by atoms with Crippen molar-refractivity contribution in [2.45, 2.75) is 0 Å². The van der Waals surface area contributed by atoms with E-state index in [0.717, 1.165) is 0 Å². The molecule has 1 aromatic carbocycles. The Morgan fingerprint density at radius 2 is 2.14 bits per heavy atom. The van der Waals surface area contributed by atoms with Crippen LogP contribution in [-0.2, 0) is 11.8 Å². The van der Waals surface area contributed by atoms with Crippen LogP contribution < -0.4 is 15.5 Å². The Labute approximate surface area is 165 Å². The van der Waals surface area contributed by atoms with Crippen LogP contribution in [0.5, 0.6) is 0 Å². The maximum Gasteiger partial charge on any atom is 0.250 e. The number of halogens is 2. The van der Waals surface area contributed by atoms with E-state index < -0.39 is 5.82 Å². The van der Waals surface area contributed by atoms with E-state index in [4.69, 9.17) is 11.6 Å². The molecule has 2 N–H and O–H groups in total. The number of amides is 1. The van der Waals surface area contributed by atoms with Crippen molar-refractivity contribution in [2.24, 2.45) is 7.05 Å². The zero-order chi connectivity index (χ0) is 20.3. The lowest BCUT2D eigenvalue weighted by atomic mass is 10.2. The highest BCUT2D eigenvalue weighted by atomic mass is 35.5. The number of anilines is 5. The van der Waals surface area contributed by atoms with Crippen LogP contribution in [0.3, 0.4) is 0 Å². The van der Waals surface area contributed by atoms with Gasteiger partial charge in [0.1, 0.15) is 10.8 Å². The molecule has 28 heavy (non-hydrogen) atoms. The van der Waals surface area contributed by atoms with Gasteiger partial charge in [-0.3, -0.25) is 9.48 Å². The third-order valence-electron chi connectivity index (χ3n) is 3.80. The SMILES string of the molecule is C=CC(=O)N(C)c1ccc(F)c(Nc2nc(Nc3cnn(C)c3)ncc2Cl)c1. The van der Waals surface area contributed by atoms with Gasteiger partial charge in [-0.1, -0.05) is 18.2 Å². The summed E-state index contributed by atoms with van der Waals surface area (Å²) in [6.07, 6.45) is 5.93. The molecule has 0 saturated heterocycles. The number of likely N-dealkylation sites (N-methyl/N-ethyl adjacent to an activating group) is 1. The molecule has 0 fully saturated rings. The number of aromatic nitrogens is 4. The van der Waals surface area contributed by atoms with Gasteiger partial charge in [0.15, 0.2) is 5.82 Å². The summed E-state index contributed by atoms with van der Waals surface area (Å²) in [7, 11) is 3.35. The van der Waals surface area contributed by atoms with Gasteiger partial charge in [0, 0.05) is 26.0 Å². The fourth-order valence-electron chi connectivity index (χ4n) is 2.34. The van der Waals surface area contributed by atoms with Crippen molar-refractivity contribution in [2.75, 3.05) is 22.6 Å². The summed E-state index contributed by atoms with van der Waals surface area (Å²) in [6.45, 7) is 3.44. The lowest BCUT2D eigenvalue weighted by molar-refractivity contribution is -0.113. The van der Waals surface area contributed by atoms with Gasteiger partial charge in [0.25, 0.3) is 0 Å². The molecule has 0 aliphatic carbocycles. The first-order chi connectivity index (χ1) is 13.4. The van der Waals surface area contributed by atoms with Crippen molar-refractivity contribution >= 4 is 46.3 Å². The average molecular weight is 402 g/mol. The molecular weight excluding hydrogens is 385 g/mol. The van der Waals surface area contributed by atoms with Crippen molar-refractivity contribution in [1.29, 1.82) is 0 Å². The molecule has 2 heterocycles. The molecule has 144 valence electrons. The lowest BCUT2D eigenvalue weighted by Crippen LogP contribution is -2.23. The van der Waals surface area contributed by atoms with E-state index in [1.807, 2.05) is 0 Å². The summed E-state index contributed by atoms with van der Waals surface area (Å²) in [5.74, 6) is -0.382. The minimum atomic E-state index is -0.528. The predicted octanol–water partition coefficient (Wildman–Crippen LogP) is 3.64. The average Bonchev–Trinajstić information content (AvgIpc) is 3.09. The Kier molecular flexibility index (Phi) is 5.55. The zero-order valence-corrected chi connectivity index (χ0v) is 15.9. The standard InChI is InChI=1S/C18H17ClFN7O/c1-4-16(28)27(3)12-5-6-14(20)15(7-12)24-17-13(19)9-21-18(25-17)23-11-8-22-26(2)10-11/h4-10H,1H2,2-3H3,(H2,21,23,24,25). The topological polar surface area (TPSA) is 88.0 Å². The Morgan fingerprint density at radius 3 is 2.82 bits per heavy atom. The number of hydrogen-bond acceptors (Lipinski definition) is 6. The highest BCUT2D eigenvalue weighted by Gasteiger charge is 2.13. The summed E-state index contributed by atoms with van der Waals surface area (Å²) in [6, 6.07) is 4.21. The fourth-order valence-corrected chi connectivity index (χ4v) is 2.48.